The van der Waals surface area contributed by atoms with Crippen LogP contribution in [0.1, 0.15) is 44.9 Å². The maximum absolute atomic E-state index is 5.57. The molecular formula is C14H23N. The van der Waals surface area contributed by atoms with Crippen molar-refractivity contribution in [3.8, 4) is 12.3 Å². The molecule has 2 aliphatic rings. The summed E-state index contributed by atoms with van der Waals surface area (Å²) < 4.78 is 0. The lowest BCUT2D eigenvalue weighted by atomic mass is 9.66. The van der Waals surface area contributed by atoms with Gasteiger partial charge in [0.1, 0.15) is 0 Å². The van der Waals surface area contributed by atoms with Crippen molar-refractivity contribution in [2.75, 3.05) is 7.05 Å². The van der Waals surface area contributed by atoms with E-state index in [4.69, 9.17) is 6.42 Å². The van der Waals surface area contributed by atoms with Crippen LogP contribution in [0.3, 0.4) is 0 Å². The van der Waals surface area contributed by atoms with Gasteiger partial charge in [0.2, 0.25) is 0 Å². The van der Waals surface area contributed by atoms with Crippen molar-refractivity contribution in [1.82, 2.24) is 5.32 Å². The van der Waals surface area contributed by atoms with E-state index in [0.717, 1.165) is 17.8 Å². The van der Waals surface area contributed by atoms with Gasteiger partial charge in [0, 0.05) is 0 Å². The van der Waals surface area contributed by atoms with E-state index in [-0.39, 0.29) is 0 Å². The summed E-state index contributed by atoms with van der Waals surface area (Å²) in [6.07, 6.45) is 15.6. The van der Waals surface area contributed by atoms with Crippen LogP contribution in [0.15, 0.2) is 0 Å². The summed E-state index contributed by atoms with van der Waals surface area (Å²) in [4.78, 5) is 0. The minimum absolute atomic E-state index is 0.313. The van der Waals surface area contributed by atoms with Crippen molar-refractivity contribution in [2.24, 2.45) is 17.8 Å². The summed E-state index contributed by atoms with van der Waals surface area (Å²) in [5.74, 6) is 5.66. The molecule has 0 spiro atoms. The lowest BCUT2D eigenvalue weighted by Crippen LogP contribution is -2.38. The monoisotopic (exact) mass is 205 g/mol. The van der Waals surface area contributed by atoms with Gasteiger partial charge in [0.15, 0.2) is 0 Å². The zero-order valence-electron chi connectivity index (χ0n) is 9.84. The lowest BCUT2D eigenvalue weighted by molar-refractivity contribution is 0.121. The Morgan fingerprint density at radius 3 is 2.53 bits per heavy atom. The topological polar surface area (TPSA) is 12.0 Å². The second kappa shape index (κ2) is 5.03. The molecule has 0 bridgehead atoms. The zero-order chi connectivity index (χ0) is 10.7. The molecule has 0 aromatic carbocycles. The third-order valence-corrected chi connectivity index (χ3v) is 4.54. The summed E-state index contributed by atoms with van der Waals surface area (Å²) >= 11 is 0. The minimum atomic E-state index is 0.313. The average Bonchev–Trinajstić information content (AvgIpc) is 2.30. The highest BCUT2D eigenvalue weighted by molar-refractivity contribution is 5.03. The summed E-state index contributed by atoms with van der Waals surface area (Å²) in [6.45, 7) is 0. The highest BCUT2D eigenvalue weighted by Crippen LogP contribution is 2.43. The van der Waals surface area contributed by atoms with E-state index >= 15 is 0 Å². The van der Waals surface area contributed by atoms with Crippen LogP contribution in [-0.2, 0) is 0 Å². The first-order valence-corrected chi connectivity index (χ1v) is 6.48. The van der Waals surface area contributed by atoms with Crippen LogP contribution in [0.2, 0.25) is 0 Å². The molecular weight excluding hydrogens is 182 g/mol. The molecule has 0 heterocycles. The van der Waals surface area contributed by atoms with Crippen molar-refractivity contribution in [3.63, 3.8) is 0 Å². The number of nitrogens with one attached hydrogen (secondary N) is 1. The SMILES string of the molecule is C#CC(NC)C1CCC2CCCCC2C1. The van der Waals surface area contributed by atoms with Crippen LogP contribution in [-0.4, -0.2) is 13.1 Å². The Morgan fingerprint density at radius 2 is 1.87 bits per heavy atom. The predicted molar refractivity (Wildman–Crippen MR) is 64.5 cm³/mol. The summed E-state index contributed by atoms with van der Waals surface area (Å²) in [6, 6.07) is 0.313. The zero-order valence-corrected chi connectivity index (χ0v) is 9.84. The standard InChI is InChI=1S/C14H23N/c1-3-14(15-2)13-9-8-11-6-4-5-7-12(11)10-13/h1,11-15H,4-10H2,2H3. The van der Waals surface area contributed by atoms with Gasteiger partial charge in [-0.05, 0) is 44.1 Å². The van der Waals surface area contributed by atoms with Gasteiger partial charge < -0.3 is 5.32 Å². The van der Waals surface area contributed by atoms with Gasteiger partial charge in [0.25, 0.3) is 0 Å². The Morgan fingerprint density at radius 1 is 1.13 bits per heavy atom. The molecule has 0 saturated heterocycles. The fourth-order valence-corrected chi connectivity index (χ4v) is 3.67. The number of fused-ring (bicyclic) bond motifs is 1. The van der Waals surface area contributed by atoms with Crippen LogP contribution in [0, 0.1) is 30.1 Å². The van der Waals surface area contributed by atoms with Crippen molar-refractivity contribution in [3.05, 3.63) is 0 Å². The van der Waals surface area contributed by atoms with E-state index in [2.05, 4.69) is 11.2 Å². The van der Waals surface area contributed by atoms with Crippen LogP contribution >= 0.6 is 0 Å². The molecule has 0 aromatic heterocycles. The number of rotatable bonds is 2. The van der Waals surface area contributed by atoms with Gasteiger partial charge in [-0.2, -0.15) is 0 Å². The molecule has 0 aromatic rings. The number of hydrogen-bond donors (Lipinski definition) is 1. The quantitative estimate of drug-likeness (QED) is 0.684. The maximum atomic E-state index is 5.57. The van der Waals surface area contributed by atoms with Gasteiger partial charge in [-0.1, -0.05) is 31.6 Å². The van der Waals surface area contributed by atoms with Crippen LogP contribution in [0.5, 0.6) is 0 Å². The molecule has 1 nitrogen and oxygen atoms in total. The van der Waals surface area contributed by atoms with Crippen LogP contribution in [0.4, 0.5) is 0 Å². The number of terminal acetylenes is 1. The first-order valence-electron chi connectivity index (χ1n) is 6.48. The van der Waals surface area contributed by atoms with Crippen LogP contribution in [0.25, 0.3) is 0 Å². The second-order valence-corrected chi connectivity index (χ2v) is 5.31. The third kappa shape index (κ3) is 2.37. The molecule has 0 amide bonds. The Kier molecular flexibility index (Phi) is 3.70. The molecule has 4 atom stereocenters. The largest absolute Gasteiger partial charge is 0.307 e. The molecule has 2 aliphatic carbocycles. The van der Waals surface area contributed by atoms with E-state index < -0.39 is 0 Å². The first-order chi connectivity index (χ1) is 7.35. The molecule has 84 valence electrons. The highest BCUT2D eigenvalue weighted by atomic mass is 14.9. The Balaban J connectivity index is 1.93. The van der Waals surface area contributed by atoms with Gasteiger partial charge in [-0.15, -0.1) is 6.42 Å². The molecule has 1 heteroatoms. The van der Waals surface area contributed by atoms with E-state index in [1.54, 1.807) is 0 Å². The first kappa shape index (κ1) is 11.0. The maximum Gasteiger partial charge on any atom is 0.0713 e. The second-order valence-electron chi connectivity index (χ2n) is 5.31. The summed E-state index contributed by atoms with van der Waals surface area (Å²) in [5.41, 5.74) is 0. The lowest BCUT2D eigenvalue weighted by Gasteiger charge is -2.40. The van der Waals surface area contributed by atoms with E-state index in [0.29, 0.717) is 6.04 Å². The Bertz CT molecular complexity index is 240. The van der Waals surface area contributed by atoms with Gasteiger partial charge >= 0.3 is 0 Å². The predicted octanol–water partition coefficient (Wildman–Crippen LogP) is 2.81. The third-order valence-electron chi connectivity index (χ3n) is 4.54. The van der Waals surface area contributed by atoms with Gasteiger partial charge in [0.05, 0.1) is 6.04 Å². The van der Waals surface area contributed by atoms with E-state index in [1.807, 2.05) is 7.05 Å². The van der Waals surface area contributed by atoms with E-state index in [9.17, 15) is 0 Å². The molecule has 2 fully saturated rings. The van der Waals surface area contributed by atoms with Crippen molar-refractivity contribution in [2.45, 2.75) is 51.0 Å². The molecule has 0 radical (unpaired) electrons. The molecule has 2 rings (SSSR count). The van der Waals surface area contributed by atoms with Crippen molar-refractivity contribution < 1.29 is 0 Å². The summed E-state index contributed by atoms with van der Waals surface area (Å²) in [5, 5.41) is 3.28. The number of hydrogen-bond acceptors (Lipinski definition) is 1. The Hall–Kier alpha value is -0.480. The van der Waals surface area contributed by atoms with Crippen molar-refractivity contribution in [1.29, 1.82) is 0 Å². The van der Waals surface area contributed by atoms with Crippen LogP contribution < -0.4 is 5.32 Å². The minimum Gasteiger partial charge on any atom is -0.307 e. The van der Waals surface area contributed by atoms with Gasteiger partial charge in [-0.3, -0.25) is 0 Å². The van der Waals surface area contributed by atoms with Crippen molar-refractivity contribution >= 4 is 0 Å². The highest BCUT2D eigenvalue weighted by Gasteiger charge is 2.34. The average molecular weight is 205 g/mol. The fourth-order valence-electron chi connectivity index (χ4n) is 3.67. The van der Waals surface area contributed by atoms with Gasteiger partial charge in [-0.25, -0.2) is 0 Å². The van der Waals surface area contributed by atoms with E-state index in [1.165, 1.54) is 44.9 Å². The Labute approximate surface area is 94.0 Å². The molecule has 2 saturated carbocycles. The molecule has 4 unspecified atom stereocenters. The summed E-state index contributed by atoms with van der Waals surface area (Å²) in [7, 11) is 2.00. The fraction of sp³-hybridized carbons (Fsp3) is 0.857. The smallest absolute Gasteiger partial charge is 0.0713 e. The molecule has 15 heavy (non-hydrogen) atoms. The molecule has 1 N–H and O–H groups in total. The molecule has 0 aliphatic heterocycles. The normalized spacial score (nSPS) is 37.7.